The molecule has 0 N–H and O–H groups in total. The van der Waals surface area contributed by atoms with Crippen molar-refractivity contribution in [1.82, 2.24) is 19.9 Å². The number of hydrogen-bond acceptors (Lipinski definition) is 7. The molecule has 0 unspecified atom stereocenters. The highest BCUT2D eigenvalue weighted by Crippen LogP contribution is 2.31. The van der Waals surface area contributed by atoms with Gasteiger partial charge in [-0.05, 0) is 6.07 Å². The van der Waals surface area contributed by atoms with Crippen molar-refractivity contribution in [3.63, 3.8) is 0 Å². The number of aryl methyl sites for hydroxylation is 2. The molecule has 4 heterocycles. The molecule has 0 spiro atoms. The van der Waals surface area contributed by atoms with Gasteiger partial charge < -0.3 is 8.83 Å². The van der Waals surface area contributed by atoms with Crippen LogP contribution in [-0.2, 0) is 12.8 Å². The van der Waals surface area contributed by atoms with Crippen molar-refractivity contribution in [1.29, 1.82) is 0 Å². The summed E-state index contributed by atoms with van der Waals surface area (Å²) in [5, 5.41) is 0.864. The fourth-order valence-corrected chi connectivity index (χ4v) is 3.12. The Bertz CT molecular complexity index is 1240. The molecule has 0 saturated carbocycles. The van der Waals surface area contributed by atoms with Gasteiger partial charge in [0.2, 0.25) is 11.8 Å². The molecule has 0 aliphatic heterocycles. The average Bonchev–Trinajstić information content (AvgIpc) is 3.47. The highest BCUT2D eigenvalue weighted by atomic mass is 35.5. The van der Waals surface area contributed by atoms with E-state index < -0.39 is 0 Å². The van der Waals surface area contributed by atoms with Crippen LogP contribution in [0.25, 0.3) is 22.9 Å². The molecular formula is C21H16Cl4N4O3. The van der Waals surface area contributed by atoms with E-state index in [1.807, 2.05) is 13.8 Å². The molecule has 11 heteroatoms. The van der Waals surface area contributed by atoms with Gasteiger partial charge in [-0.15, -0.1) is 0 Å². The maximum Gasteiger partial charge on any atom is 0.228 e. The summed E-state index contributed by atoms with van der Waals surface area (Å²) >= 11 is 23.2. The van der Waals surface area contributed by atoms with Gasteiger partial charge in [-0.25, -0.2) is 19.9 Å². The summed E-state index contributed by atoms with van der Waals surface area (Å²) in [4.78, 5) is 27.0. The molecule has 0 aliphatic rings. The van der Waals surface area contributed by atoms with Gasteiger partial charge in [0.1, 0.15) is 21.8 Å². The van der Waals surface area contributed by atoms with Gasteiger partial charge in [0.25, 0.3) is 0 Å². The third-order valence-electron chi connectivity index (χ3n) is 4.21. The number of oxazole rings is 2. The van der Waals surface area contributed by atoms with Crippen molar-refractivity contribution < 1.29 is 13.6 Å². The van der Waals surface area contributed by atoms with E-state index >= 15 is 0 Å². The molecule has 4 rings (SSSR count). The number of pyridine rings is 2. The molecule has 32 heavy (non-hydrogen) atoms. The molecule has 0 atom stereocenters. The van der Waals surface area contributed by atoms with Crippen LogP contribution in [0.1, 0.15) is 35.7 Å². The first kappa shape index (κ1) is 24.2. The van der Waals surface area contributed by atoms with E-state index in [2.05, 4.69) is 19.9 Å². The van der Waals surface area contributed by atoms with Gasteiger partial charge in [-0.2, -0.15) is 0 Å². The first-order valence-electron chi connectivity index (χ1n) is 9.38. The SMILES string of the molecule is CCc1cnc(-c2cnc(Cl)c(Cl)c2)o1.CCc1cnc(-c2cnc(Cl)c(Cl)c2C=O)o1. The van der Waals surface area contributed by atoms with Crippen LogP contribution in [0.5, 0.6) is 0 Å². The molecule has 166 valence electrons. The normalized spacial score (nSPS) is 10.6. The van der Waals surface area contributed by atoms with Crippen LogP contribution in [0, 0.1) is 0 Å². The van der Waals surface area contributed by atoms with Gasteiger partial charge in [-0.3, -0.25) is 4.79 Å². The second-order valence-electron chi connectivity index (χ2n) is 6.28. The van der Waals surface area contributed by atoms with Crippen LogP contribution in [0.15, 0.2) is 39.7 Å². The lowest BCUT2D eigenvalue weighted by molar-refractivity contribution is 0.112. The Balaban J connectivity index is 0.000000182. The standard InChI is InChI=1S/C11H8Cl2N2O2.C10H8Cl2N2O/c1-2-6-3-15-11(17-6)7-4-14-10(13)9(12)8(7)5-16;1-2-7-5-14-10(15-7)6-3-8(11)9(12)13-4-6/h3-5H,2H2,1H3;3-5H,2H2,1H3. The van der Waals surface area contributed by atoms with E-state index in [0.29, 0.717) is 28.7 Å². The summed E-state index contributed by atoms with van der Waals surface area (Å²) in [5.74, 6) is 2.38. The molecule has 0 bridgehead atoms. The second-order valence-corrected chi connectivity index (χ2v) is 7.78. The molecule has 4 aromatic heterocycles. The highest BCUT2D eigenvalue weighted by molar-refractivity contribution is 6.43. The summed E-state index contributed by atoms with van der Waals surface area (Å²) in [6.07, 6.45) is 8.44. The van der Waals surface area contributed by atoms with Crippen LogP contribution >= 0.6 is 46.4 Å². The van der Waals surface area contributed by atoms with E-state index in [-0.39, 0.29) is 20.9 Å². The monoisotopic (exact) mass is 512 g/mol. The zero-order valence-corrected chi connectivity index (χ0v) is 19.9. The topological polar surface area (TPSA) is 94.9 Å². The maximum atomic E-state index is 11.0. The molecule has 0 radical (unpaired) electrons. The van der Waals surface area contributed by atoms with Gasteiger partial charge in [0.15, 0.2) is 6.29 Å². The van der Waals surface area contributed by atoms with Gasteiger partial charge in [-0.1, -0.05) is 60.3 Å². The van der Waals surface area contributed by atoms with Crippen molar-refractivity contribution in [2.24, 2.45) is 0 Å². The Morgan fingerprint density at radius 2 is 1.41 bits per heavy atom. The molecule has 0 aromatic carbocycles. The third kappa shape index (κ3) is 5.48. The van der Waals surface area contributed by atoms with Gasteiger partial charge in [0, 0.05) is 25.2 Å². The maximum absolute atomic E-state index is 11.0. The second kappa shape index (κ2) is 10.9. The molecule has 0 fully saturated rings. The van der Waals surface area contributed by atoms with Crippen molar-refractivity contribution in [3.8, 4) is 22.9 Å². The number of carbonyl (C=O) groups excluding carboxylic acids is 1. The lowest BCUT2D eigenvalue weighted by atomic mass is 10.1. The summed E-state index contributed by atoms with van der Waals surface area (Å²) in [6.45, 7) is 3.94. The van der Waals surface area contributed by atoms with Crippen molar-refractivity contribution in [2.45, 2.75) is 26.7 Å². The smallest absolute Gasteiger partial charge is 0.228 e. The minimum absolute atomic E-state index is 0.0831. The number of carbonyl (C=O) groups is 1. The molecule has 4 aromatic rings. The Kier molecular flexibility index (Phi) is 8.26. The fourth-order valence-electron chi connectivity index (χ4n) is 2.50. The minimum atomic E-state index is 0.0831. The van der Waals surface area contributed by atoms with Crippen molar-refractivity contribution in [2.75, 3.05) is 0 Å². The van der Waals surface area contributed by atoms with E-state index in [0.717, 1.165) is 29.9 Å². The van der Waals surface area contributed by atoms with Crippen LogP contribution in [0.4, 0.5) is 0 Å². The van der Waals surface area contributed by atoms with Crippen molar-refractivity contribution >= 4 is 52.7 Å². The van der Waals surface area contributed by atoms with Gasteiger partial charge >= 0.3 is 0 Å². The predicted molar refractivity (Wildman–Crippen MR) is 124 cm³/mol. The number of nitrogens with zero attached hydrogens (tertiary/aromatic N) is 4. The summed E-state index contributed by atoms with van der Waals surface area (Å²) in [7, 11) is 0. The Labute approximate surface area is 203 Å². The first-order valence-corrected chi connectivity index (χ1v) is 10.9. The largest absolute Gasteiger partial charge is 0.441 e. The van der Waals surface area contributed by atoms with Crippen LogP contribution in [0.2, 0.25) is 20.4 Å². The van der Waals surface area contributed by atoms with Crippen LogP contribution in [-0.4, -0.2) is 26.2 Å². The molecule has 0 saturated heterocycles. The Morgan fingerprint density at radius 1 is 0.812 bits per heavy atom. The Hall–Kier alpha value is -2.45. The number of aromatic nitrogens is 4. The number of hydrogen-bond donors (Lipinski definition) is 0. The minimum Gasteiger partial charge on any atom is -0.441 e. The summed E-state index contributed by atoms with van der Waals surface area (Å²) in [6, 6.07) is 1.68. The number of aldehydes is 1. The number of halogens is 4. The zero-order valence-electron chi connectivity index (χ0n) is 16.9. The number of rotatable bonds is 5. The predicted octanol–water partition coefficient (Wildman–Crippen LogP) is 7.02. The molecule has 0 aliphatic carbocycles. The van der Waals surface area contributed by atoms with E-state index in [4.69, 9.17) is 55.2 Å². The van der Waals surface area contributed by atoms with E-state index in [1.54, 1.807) is 24.7 Å². The summed E-state index contributed by atoms with van der Waals surface area (Å²) < 4.78 is 10.9. The van der Waals surface area contributed by atoms with E-state index in [1.165, 1.54) is 6.20 Å². The average molecular weight is 514 g/mol. The third-order valence-corrected chi connectivity index (χ3v) is 5.66. The quantitative estimate of drug-likeness (QED) is 0.209. The lowest BCUT2D eigenvalue weighted by Crippen LogP contribution is -1.92. The highest BCUT2D eigenvalue weighted by Gasteiger charge is 2.16. The van der Waals surface area contributed by atoms with E-state index in [9.17, 15) is 4.79 Å². The summed E-state index contributed by atoms with van der Waals surface area (Å²) in [5.41, 5.74) is 1.40. The molecular weight excluding hydrogens is 498 g/mol. The van der Waals surface area contributed by atoms with Gasteiger partial charge in [0.05, 0.1) is 39.1 Å². The van der Waals surface area contributed by atoms with Crippen LogP contribution in [0.3, 0.4) is 0 Å². The first-order chi connectivity index (χ1) is 15.4. The molecule has 0 amide bonds. The zero-order chi connectivity index (χ0) is 23.3. The molecule has 7 nitrogen and oxygen atoms in total. The fraction of sp³-hybridized carbons (Fsp3) is 0.190. The Morgan fingerprint density at radius 3 is 1.97 bits per heavy atom. The van der Waals surface area contributed by atoms with Crippen molar-refractivity contribution in [3.05, 3.63) is 68.3 Å². The lowest BCUT2D eigenvalue weighted by Gasteiger charge is -2.03. The van der Waals surface area contributed by atoms with Crippen LogP contribution < -0.4 is 0 Å².